The lowest BCUT2D eigenvalue weighted by molar-refractivity contribution is -0.131. The van der Waals surface area contributed by atoms with Gasteiger partial charge in [0.15, 0.2) is 4.34 Å². The Labute approximate surface area is 163 Å². The fourth-order valence-electron chi connectivity index (χ4n) is 2.63. The number of benzene rings is 1. The van der Waals surface area contributed by atoms with Crippen molar-refractivity contribution in [2.24, 2.45) is 0 Å². The number of hydrogen-bond acceptors (Lipinski definition) is 7. The molecule has 0 aliphatic carbocycles. The van der Waals surface area contributed by atoms with Gasteiger partial charge >= 0.3 is 0 Å². The summed E-state index contributed by atoms with van der Waals surface area (Å²) >= 11 is 2.90. The molecule has 0 aliphatic heterocycles. The Morgan fingerprint density at radius 1 is 1.19 bits per heavy atom. The maximum Gasteiger partial charge on any atom is 0.233 e. The Bertz CT molecular complexity index is 693. The van der Waals surface area contributed by atoms with Gasteiger partial charge in [-0.05, 0) is 45.4 Å². The van der Waals surface area contributed by atoms with Crippen molar-refractivity contribution in [3.05, 3.63) is 29.8 Å². The summed E-state index contributed by atoms with van der Waals surface area (Å²) in [5.74, 6) is 1.34. The molecule has 6 nitrogen and oxygen atoms in total. The zero-order chi connectivity index (χ0) is 19.1. The topological polar surface area (TPSA) is 67.3 Å². The van der Waals surface area contributed by atoms with Crippen LogP contribution in [-0.2, 0) is 11.3 Å². The molecule has 1 N–H and O–H groups in total. The van der Waals surface area contributed by atoms with E-state index >= 15 is 0 Å². The van der Waals surface area contributed by atoms with Crippen molar-refractivity contribution in [3.8, 4) is 5.75 Å². The Morgan fingerprint density at radius 3 is 2.42 bits per heavy atom. The molecule has 26 heavy (non-hydrogen) atoms. The van der Waals surface area contributed by atoms with Gasteiger partial charge in [-0.2, -0.15) is 0 Å². The van der Waals surface area contributed by atoms with E-state index in [2.05, 4.69) is 15.5 Å². The normalized spacial score (nSPS) is 11.0. The van der Waals surface area contributed by atoms with Crippen molar-refractivity contribution in [1.82, 2.24) is 15.1 Å². The van der Waals surface area contributed by atoms with E-state index in [1.807, 2.05) is 56.9 Å². The molecule has 1 aromatic carbocycles. The Hall–Kier alpha value is -1.80. The van der Waals surface area contributed by atoms with E-state index in [0.717, 1.165) is 20.8 Å². The molecule has 142 valence electrons. The first-order valence-corrected chi connectivity index (χ1v) is 10.3. The fourth-order valence-corrected chi connectivity index (χ4v) is 4.25. The lowest BCUT2D eigenvalue weighted by Gasteiger charge is -2.30. The zero-order valence-corrected chi connectivity index (χ0v) is 17.5. The van der Waals surface area contributed by atoms with Crippen molar-refractivity contribution in [2.75, 3.05) is 18.2 Å². The molecule has 0 spiro atoms. The van der Waals surface area contributed by atoms with Gasteiger partial charge in [0, 0.05) is 18.6 Å². The molecule has 2 aromatic rings. The minimum atomic E-state index is 0.128. The molecule has 8 heteroatoms. The summed E-state index contributed by atoms with van der Waals surface area (Å²) in [7, 11) is 1.65. The number of ether oxygens (including phenoxy) is 1. The van der Waals surface area contributed by atoms with E-state index in [9.17, 15) is 4.79 Å². The largest absolute Gasteiger partial charge is 0.497 e. The summed E-state index contributed by atoms with van der Waals surface area (Å²) in [6.45, 7) is 8.81. The summed E-state index contributed by atoms with van der Waals surface area (Å²) in [4.78, 5) is 14.3. The first kappa shape index (κ1) is 20.5. The molecular formula is C18H26N4O2S2. The van der Waals surface area contributed by atoms with Gasteiger partial charge in [-0.25, -0.2) is 0 Å². The second-order valence-electron chi connectivity index (χ2n) is 6.35. The molecule has 0 bridgehead atoms. The van der Waals surface area contributed by atoms with Crippen LogP contribution in [0.25, 0.3) is 0 Å². The third-order valence-corrected chi connectivity index (χ3v) is 5.73. The van der Waals surface area contributed by atoms with Crippen LogP contribution in [-0.4, -0.2) is 46.0 Å². The number of carbonyl (C=O) groups is 1. The Morgan fingerprint density at radius 2 is 1.85 bits per heavy atom. The molecule has 0 atom stereocenters. The zero-order valence-electron chi connectivity index (χ0n) is 15.9. The second kappa shape index (κ2) is 9.78. The number of nitrogens with zero attached hydrogens (tertiary/aromatic N) is 3. The molecule has 0 fully saturated rings. The quantitative estimate of drug-likeness (QED) is 0.651. The number of methoxy groups -OCH3 is 1. The number of thioether (sulfide) groups is 1. The highest BCUT2D eigenvalue weighted by Crippen LogP contribution is 2.26. The maximum absolute atomic E-state index is 12.4. The summed E-state index contributed by atoms with van der Waals surface area (Å²) in [5.41, 5.74) is 1.13. The minimum absolute atomic E-state index is 0.128. The summed E-state index contributed by atoms with van der Waals surface area (Å²) in [6, 6.07) is 8.26. The third-order valence-electron chi connectivity index (χ3n) is 3.73. The first-order chi connectivity index (χ1) is 12.4. The second-order valence-corrected chi connectivity index (χ2v) is 8.55. The van der Waals surface area contributed by atoms with E-state index in [0.29, 0.717) is 12.3 Å². The van der Waals surface area contributed by atoms with E-state index in [-0.39, 0.29) is 18.0 Å². The molecule has 0 radical (unpaired) electrons. The number of rotatable bonds is 9. The van der Waals surface area contributed by atoms with Gasteiger partial charge in [0.1, 0.15) is 5.75 Å². The van der Waals surface area contributed by atoms with Gasteiger partial charge in [-0.15, -0.1) is 10.2 Å². The molecule has 1 aromatic heterocycles. The smallest absolute Gasteiger partial charge is 0.233 e. The van der Waals surface area contributed by atoms with Gasteiger partial charge in [-0.3, -0.25) is 4.79 Å². The number of anilines is 1. The maximum atomic E-state index is 12.4. The summed E-state index contributed by atoms with van der Waals surface area (Å²) < 4.78 is 5.95. The molecular weight excluding hydrogens is 368 g/mol. The van der Waals surface area contributed by atoms with Crippen LogP contribution in [0.15, 0.2) is 28.6 Å². The number of aromatic nitrogens is 2. The van der Waals surface area contributed by atoms with Crippen LogP contribution in [0, 0.1) is 0 Å². The van der Waals surface area contributed by atoms with E-state index in [1.165, 1.54) is 23.1 Å². The van der Waals surface area contributed by atoms with Gasteiger partial charge in [0.05, 0.1) is 12.9 Å². The SMILES string of the molecule is COc1ccc(CNc2nnc(SCC(=O)N(C(C)C)C(C)C)s2)cc1. The van der Waals surface area contributed by atoms with Crippen molar-refractivity contribution in [2.45, 2.75) is 50.7 Å². The molecule has 0 saturated heterocycles. The number of carbonyl (C=O) groups excluding carboxylic acids is 1. The molecule has 0 aliphatic rings. The fraction of sp³-hybridized carbons (Fsp3) is 0.500. The average Bonchev–Trinajstić information content (AvgIpc) is 3.06. The van der Waals surface area contributed by atoms with Crippen LogP contribution in [0.4, 0.5) is 5.13 Å². The number of amides is 1. The van der Waals surface area contributed by atoms with Crippen LogP contribution in [0.2, 0.25) is 0 Å². The molecule has 0 unspecified atom stereocenters. The van der Waals surface area contributed by atoms with Crippen LogP contribution >= 0.6 is 23.1 Å². The van der Waals surface area contributed by atoms with Crippen LogP contribution < -0.4 is 10.1 Å². The van der Waals surface area contributed by atoms with E-state index in [1.54, 1.807) is 7.11 Å². The first-order valence-electron chi connectivity index (χ1n) is 8.55. The van der Waals surface area contributed by atoms with Crippen molar-refractivity contribution >= 4 is 34.1 Å². The Balaban J connectivity index is 1.84. The molecule has 0 saturated carbocycles. The highest BCUT2D eigenvalue weighted by Gasteiger charge is 2.20. The van der Waals surface area contributed by atoms with Gasteiger partial charge in [0.25, 0.3) is 0 Å². The van der Waals surface area contributed by atoms with Crippen molar-refractivity contribution in [3.63, 3.8) is 0 Å². The highest BCUT2D eigenvalue weighted by atomic mass is 32.2. The monoisotopic (exact) mass is 394 g/mol. The van der Waals surface area contributed by atoms with Crippen LogP contribution in [0.3, 0.4) is 0 Å². The van der Waals surface area contributed by atoms with Crippen molar-refractivity contribution < 1.29 is 9.53 Å². The third kappa shape index (κ3) is 5.88. The van der Waals surface area contributed by atoms with Gasteiger partial charge in [-0.1, -0.05) is 35.2 Å². The average molecular weight is 395 g/mol. The van der Waals surface area contributed by atoms with E-state index < -0.39 is 0 Å². The van der Waals surface area contributed by atoms with Crippen molar-refractivity contribution in [1.29, 1.82) is 0 Å². The molecule has 1 amide bonds. The van der Waals surface area contributed by atoms with E-state index in [4.69, 9.17) is 4.74 Å². The van der Waals surface area contributed by atoms with Gasteiger partial charge < -0.3 is 15.0 Å². The summed E-state index contributed by atoms with van der Waals surface area (Å²) in [5, 5.41) is 12.3. The van der Waals surface area contributed by atoms with Crippen LogP contribution in [0.5, 0.6) is 5.75 Å². The molecule has 1 heterocycles. The standard InChI is InChI=1S/C18H26N4O2S2/c1-12(2)22(13(3)4)16(23)11-25-18-21-20-17(26-18)19-10-14-6-8-15(24-5)9-7-14/h6-9,12-13H,10-11H2,1-5H3,(H,19,20). The summed E-state index contributed by atoms with van der Waals surface area (Å²) in [6.07, 6.45) is 0. The highest BCUT2D eigenvalue weighted by molar-refractivity contribution is 8.01. The van der Waals surface area contributed by atoms with Crippen LogP contribution in [0.1, 0.15) is 33.3 Å². The predicted molar refractivity (Wildman–Crippen MR) is 108 cm³/mol. The number of nitrogens with one attached hydrogen (secondary N) is 1. The minimum Gasteiger partial charge on any atom is -0.497 e. The lowest BCUT2D eigenvalue weighted by Crippen LogP contribution is -2.43. The molecule has 2 rings (SSSR count). The number of hydrogen-bond donors (Lipinski definition) is 1. The lowest BCUT2D eigenvalue weighted by atomic mass is 10.2. The Kier molecular flexibility index (Phi) is 7.71. The predicted octanol–water partition coefficient (Wildman–Crippen LogP) is 3.90. The van der Waals surface area contributed by atoms with Gasteiger partial charge in [0.2, 0.25) is 11.0 Å².